The van der Waals surface area contributed by atoms with Crippen LogP contribution in [0.2, 0.25) is 0 Å². The third-order valence-corrected chi connectivity index (χ3v) is 5.14. The van der Waals surface area contributed by atoms with Crippen LogP contribution < -0.4 is 5.32 Å². The fourth-order valence-electron chi connectivity index (χ4n) is 2.31. The molecule has 0 aliphatic heterocycles. The average Bonchev–Trinajstić information content (AvgIpc) is 2.91. The van der Waals surface area contributed by atoms with E-state index < -0.39 is 0 Å². The molecule has 100 valence electrons. The number of H-pyrrole nitrogens is 1. The zero-order valence-electron chi connectivity index (χ0n) is 10.3. The number of halogens is 1. The molecule has 2 heterocycles. The predicted molar refractivity (Wildman–Crippen MR) is 79.8 cm³/mol. The standard InChI is InChI=1S/C13H14BrN3OS/c14-9-7-15-17-12(9)16-13(18)11-6-8-4-2-1-3-5-10(8)19-11/h6-7H,1-5H2,(H2,15,16,17,18). The monoisotopic (exact) mass is 339 g/mol. The first-order valence-electron chi connectivity index (χ1n) is 6.36. The SMILES string of the molecule is O=C(Nc1[nH]ncc1Br)c1cc2c(s1)CCCCC2. The zero-order chi connectivity index (χ0) is 13.2. The number of rotatable bonds is 2. The highest BCUT2D eigenvalue weighted by molar-refractivity contribution is 9.10. The minimum absolute atomic E-state index is 0.0666. The number of aryl methyl sites for hydroxylation is 2. The van der Waals surface area contributed by atoms with Gasteiger partial charge in [-0.15, -0.1) is 11.3 Å². The maximum absolute atomic E-state index is 12.2. The molecule has 19 heavy (non-hydrogen) atoms. The second-order valence-corrected chi connectivity index (χ2v) is 6.66. The zero-order valence-corrected chi connectivity index (χ0v) is 12.7. The van der Waals surface area contributed by atoms with Crippen molar-refractivity contribution in [1.29, 1.82) is 0 Å². The van der Waals surface area contributed by atoms with Gasteiger partial charge in [0.15, 0.2) is 0 Å². The topological polar surface area (TPSA) is 57.8 Å². The van der Waals surface area contributed by atoms with Crippen molar-refractivity contribution >= 4 is 39.0 Å². The lowest BCUT2D eigenvalue weighted by atomic mass is 10.1. The summed E-state index contributed by atoms with van der Waals surface area (Å²) in [6.07, 6.45) is 7.61. The van der Waals surface area contributed by atoms with Gasteiger partial charge in [0.1, 0.15) is 5.82 Å². The second kappa shape index (κ2) is 5.46. The number of carbonyl (C=O) groups is 1. The van der Waals surface area contributed by atoms with Gasteiger partial charge in [-0.05, 0) is 53.2 Å². The van der Waals surface area contributed by atoms with Crippen molar-refractivity contribution in [3.05, 3.63) is 32.1 Å². The average molecular weight is 340 g/mol. The van der Waals surface area contributed by atoms with Gasteiger partial charge in [-0.2, -0.15) is 5.10 Å². The number of amides is 1. The van der Waals surface area contributed by atoms with Gasteiger partial charge in [-0.25, -0.2) is 0 Å². The summed E-state index contributed by atoms with van der Waals surface area (Å²) in [5.74, 6) is 0.539. The molecule has 1 aliphatic carbocycles. The van der Waals surface area contributed by atoms with Gasteiger partial charge in [0.2, 0.25) is 0 Å². The first kappa shape index (κ1) is 12.9. The van der Waals surface area contributed by atoms with Gasteiger partial charge in [-0.3, -0.25) is 9.89 Å². The molecule has 0 unspecified atom stereocenters. The van der Waals surface area contributed by atoms with Crippen LogP contribution >= 0.6 is 27.3 Å². The molecule has 4 nitrogen and oxygen atoms in total. The second-order valence-electron chi connectivity index (χ2n) is 4.67. The van der Waals surface area contributed by atoms with Gasteiger partial charge >= 0.3 is 0 Å². The number of nitrogens with zero attached hydrogens (tertiary/aromatic N) is 1. The quantitative estimate of drug-likeness (QED) is 0.818. The Labute approximate surface area is 123 Å². The van der Waals surface area contributed by atoms with E-state index in [2.05, 4.69) is 31.4 Å². The van der Waals surface area contributed by atoms with Gasteiger partial charge in [0.25, 0.3) is 5.91 Å². The number of nitrogens with one attached hydrogen (secondary N) is 2. The molecule has 3 rings (SSSR count). The lowest BCUT2D eigenvalue weighted by Crippen LogP contribution is -2.10. The van der Waals surface area contributed by atoms with E-state index in [1.807, 2.05) is 6.07 Å². The molecule has 2 aromatic heterocycles. The number of thiophene rings is 1. The molecule has 6 heteroatoms. The van der Waals surface area contributed by atoms with Crippen LogP contribution in [-0.2, 0) is 12.8 Å². The number of aromatic nitrogens is 2. The van der Waals surface area contributed by atoms with Gasteiger partial charge in [-0.1, -0.05) is 6.42 Å². The highest BCUT2D eigenvalue weighted by atomic mass is 79.9. The Morgan fingerprint density at radius 2 is 2.21 bits per heavy atom. The number of anilines is 1. The van der Waals surface area contributed by atoms with Crippen LogP contribution in [0.5, 0.6) is 0 Å². The molecule has 0 bridgehead atoms. The lowest BCUT2D eigenvalue weighted by Gasteiger charge is -2.00. The first-order chi connectivity index (χ1) is 9.24. The van der Waals surface area contributed by atoms with E-state index in [0.29, 0.717) is 5.82 Å². The largest absolute Gasteiger partial charge is 0.305 e. The summed E-state index contributed by atoms with van der Waals surface area (Å²) < 4.78 is 0.763. The summed E-state index contributed by atoms with van der Waals surface area (Å²) >= 11 is 4.95. The molecule has 0 saturated heterocycles. The minimum Gasteiger partial charge on any atom is -0.305 e. The van der Waals surface area contributed by atoms with Crippen LogP contribution in [0, 0.1) is 0 Å². The fourth-order valence-corrected chi connectivity index (χ4v) is 3.75. The van der Waals surface area contributed by atoms with E-state index in [9.17, 15) is 4.79 Å². The van der Waals surface area contributed by atoms with E-state index in [4.69, 9.17) is 0 Å². The molecule has 1 aliphatic rings. The van der Waals surface area contributed by atoms with Crippen LogP contribution in [0.1, 0.15) is 39.4 Å². The molecule has 2 N–H and O–H groups in total. The van der Waals surface area contributed by atoms with Crippen molar-refractivity contribution in [1.82, 2.24) is 10.2 Å². The molecule has 0 fully saturated rings. The van der Waals surface area contributed by atoms with Gasteiger partial charge in [0, 0.05) is 4.88 Å². The van der Waals surface area contributed by atoms with Crippen molar-refractivity contribution < 1.29 is 4.79 Å². The van der Waals surface area contributed by atoms with E-state index >= 15 is 0 Å². The normalized spacial score (nSPS) is 14.8. The molecule has 0 saturated carbocycles. The number of hydrogen-bond donors (Lipinski definition) is 2. The van der Waals surface area contributed by atoms with E-state index in [1.165, 1.54) is 29.7 Å². The van der Waals surface area contributed by atoms with Crippen molar-refractivity contribution in [2.24, 2.45) is 0 Å². The maximum atomic E-state index is 12.2. The smallest absolute Gasteiger partial charge is 0.266 e. The molecule has 0 atom stereocenters. The van der Waals surface area contributed by atoms with Gasteiger partial charge in [0.05, 0.1) is 15.5 Å². The first-order valence-corrected chi connectivity index (χ1v) is 7.97. The fraction of sp³-hybridized carbons (Fsp3) is 0.385. The van der Waals surface area contributed by atoms with Crippen LogP contribution in [0.3, 0.4) is 0 Å². The van der Waals surface area contributed by atoms with Crippen LogP contribution in [0.15, 0.2) is 16.7 Å². The van der Waals surface area contributed by atoms with Crippen LogP contribution in [0.25, 0.3) is 0 Å². The van der Waals surface area contributed by atoms with Crippen LogP contribution in [-0.4, -0.2) is 16.1 Å². The van der Waals surface area contributed by atoms with Gasteiger partial charge < -0.3 is 5.32 Å². The summed E-state index contributed by atoms with van der Waals surface area (Å²) in [6, 6.07) is 2.05. The number of carbonyl (C=O) groups excluding carboxylic acids is 1. The number of fused-ring (bicyclic) bond motifs is 1. The summed E-state index contributed by atoms with van der Waals surface area (Å²) in [4.78, 5) is 14.4. The summed E-state index contributed by atoms with van der Waals surface area (Å²) in [7, 11) is 0. The lowest BCUT2D eigenvalue weighted by molar-refractivity contribution is 0.103. The Morgan fingerprint density at radius 3 is 3.00 bits per heavy atom. The molecular formula is C13H14BrN3OS. The third kappa shape index (κ3) is 2.74. The van der Waals surface area contributed by atoms with Crippen molar-refractivity contribution in [2.45, 2.75) is 32.1 Å². The molecule has 0 radical (unpaired) electrons. The predicted octanol–water partition coefficient (Wildman–Crippen LogP) is 3.75. The molecule has 2 aromatic rings. The number of aromatic amines is 1. The summed E-state index contributed by atoms with van der Waals surface area (Å²) in [5.41, 5.74) is 1.36. The third-order valence-electron chi connectivity index (χ3n) is 3.30. The van der Waals surface area contributed by atoms with E-state index in [0.717, 1.165) is 22.2 Å². The summed E-state index contributed by atoms with van der Waals surface area (Å²) in [5, 5.41) is 9.45. The molecule has 0 aromatic carbocycles. The minimum atomic E-state index is -0.0666. The van der Waals surface area contributed by atoms with Crippen molar-refractivity contribution in [3.63, 3.8) is 0 Å². The van der Waals surface area contributed by atoms with E-state index in [-0.39, 0.29) is 5.91 Å². The summed E-state index contributed by atoms with van der Waals surface area (Å²) in [6.45, 7) is 0. The Morgan fingerprint density at radius 1 is 1.37 bits per heavy atom. The molecular weight excluding hydrogens is 326 g/mol. The number of hydrogen-bond acceptors (Lipinski definition) is 3. The highest BCUT2D eigenvalue weighted by Gasteiger charge is 2.17. The molecule has 0 spiro atoms. The Bertz CT molecular complexity index is 581. The Balaban J connectivity index is 1.79. The van der Waals surface area contributed by atoms with Crippen LogP contribution in [0.4, 0.5) is 5.82 Å². The Hall–Kier alpha value is -1.14. The highest BCUT2D eigenvalue weighted by Crippen LogP contribution is 2.29. The molecule has 1 amide bonds. The maximum Gasteiger partial charge on any atom is 0.266 e. The Kier molecular flexibility index (Phi) is 3.70. The van der Waals surface area contributed by atoms with Crippen molar-refractivity contribution in [2.75, 3.05) is 5.32 Å². The van der Waals surface area contributed by atoms with Crippen molar-refractivity contribution in [3.8, 4) is 0 Å². The van der Waals surface area contributed by atoms with E-state index in [1.54, 1.807) is 17.5 Å².